The molecule has 0 bridgehead atoms. The normalized spacial score (nSPS) is 13.6. The molecule has 0 spiro atoms. The van der Waals surface area contributed by atoms with Crippen LogP contribution in [0.15, 0.2) is 0 Å². The zero-order chi connectivity index (χ0) is 9.12. The summed E-state index contributed by atoms with van der Waals surface area (Å²) in [5.41, 5.74) is -2.42. The van der Waals surface area contributed by atoms with Crippen LogP contribution in [0.4, 0.5) is 13.2 Å². The van der Waals surface area contributed by atoms with Gasteiger partial charge in [0.2, 0.25) is 0 Å². The number of halogens is 3. The van der Waals surface area contributed by atoms with Crippen LogP contribution in [0.5, 0.6) is 0 Å². The largest absolute Gasteiger partial charge is 0.280 e. The van der Waals surface area contributed by atoms with Crippen molar-refractivity contribution in [1.82, 2.24) is 0 Å². The first-order valence-corrected chi connectivity index (χ1v) is 4.12. The zero-order valence-electron chi connectivity index (χ0n) is 6.70. The zero-order valence-corrected chi connectivity index (χ0v) is 7.60. The molecule has 68 valence electrons. The summed E-state index contributed by atoms with van der Waals surface area (Å²) in [5, 5.41) is 0. The Labute approximate surface area is 70.6 Å². The van der Waals surface area contributed by atoms with E-state index in [0.29, 0.717) is 5.75 Å². The van der Waals surface area contributed by atoms with Gasteiger partial charge in [-0.15, -0.1) is 0 Å². The van der Waals surface area contributed by atoms with Gasteiger partial charge in [0.15, 0.2) is 5.67 Å². The topological polar surface area (TPSA) is 0 Å². The van der Waals surface area contributed by atoms with Crippen LogP contribution in [-0.2, 0) is 0 Å². The van der Waals surface area contributed by atoms with Crippen molar-refractivity contribution in [3.63, 3.8) is 0 Å². The first-order chi connectivity index (χ1) is 4.81. The molecule has 4 heteroatoms. The quantitative estimate of drug-likeness (QED) is 0.641. The Hall–Kier alpha value is 0.140. The highest BCUT2D eigenvalue weighted by molar-refractivity contribution is 7.80. The maximum absolute atomic E-state index is 12.7. The van der Waals surface area contributed by atoms with Gasteiger partial charge in [-0.05, 0) is 26.0 Å². The molecule has 0 saturated heterocycles. The van der Waals surface area contributed by atoms with E-state index in [0.717, 1.165) is 13.8 Å². The van der Waals surface area contributed by atoms with Gasteiger partial charge < -0.3 is 0 Å². The van der Waals surface area contributed by atoms with Gasteiger partial charge in [-0.1, -0.05) is 0 Å². The van der Waals surface area contributed by atoms with Gasteiger partial charge in [0.1, 0.15) is 0 Å². The van der Waals surface area contributed by atoms with Crippen LogP contribution >= 0.6 is 12.6 Å². The summed E-state index contributed by atoms with van der Waals surface area (Å²) in [5.74, 6) is -2.86. The number of rotatable bonds is 4. The van der Waals surface area contributed by atoms with Gasteiger partial charge in [0.25, 0.3) is 5.92 Å². The predicted octanol–water partition coefficient (Wildman–Crippen LogP) is 3.08. The molecule has 0 heterocycles. The molecule has 0 unspecified atom stereocenters. The molecule has 0 aliphatic carbocycles. The molecule has 0 saturated carbocycles. The average Bonchev–Trinajstić information content (AvgIpc) is 1.81. The van der Waals surface area contributed by atoms with Gasteiger partial charge in [0, 0.05) is 6.42 Å². The van der Waals surface area contributed by atoms with Crippen LogP contribution in [0.25, 0.3) is 0 Å². The molecule has 0 rings (SSSR count). The Kier molecular flexibility index (Phi) is 3.74. The number of hydrogen-bond acceptors (Lipinski definition) is 1. The molecule has 0 N–H and O–H groups in total. The van der Waals surface area contributed by atoms with Crippen molar-refractivity contribution in [1.29, 1.82) is 0 Å². The third-order valence-electron chi connectivity index (χ3n) is 1.52. The summed E-state index contributed by atoms with van der Waals surface area (Å²) < 4.78 is 38.1. The van der Waals surface area contributed by atoms with Crippen molar-refractivity contribution in [3.8, 4) is 0 Å². The van der Waals surface area contributed by atoms with E-state index < -0.39 is 18.0 Å². The maximum Gasteiger partial charge on any atom is 0.280 e. The van der Waals surface area contributed by atoms with E-state index in [1.54, 1.807) is 0 Å². The summed E-state index contributed by atoms with van der Waals surface area (Å²) in [7, 11) is 0. The first-order valence-electron chi connectivity index (χ1n) is 3.49. The summed E-state index contributed by atoms with van der Waals surface area (Å²) in [6.45, 7) is 1.79. The van der Waals surface area contributed by atoms with Crippen LogP contribution in [0, 0.1) is 0 Å². The van der Waals surface area contributed by atoms with E-state index in [9.17, 15) is 13.2 Å². The molecular weight excluding hydrogens is 173 g/mol. The predicted molar refractivity (Wildman–Crippen MR) is 43.2 cm³/mol. The summed E-state index contributed by atoms with van der Waals surface area (Å²) in [4.78, 5) is 0. The van der Waals surface area contributed by atoms with E-state index >= 15 is 0 Å². The van der Waals surface area contributed by atoms with E-state index in [1.165, 1.54) is 0 Å². The highest BCUT2D eigenvalue weighted by atomic mass is 32.1. The highest BCUT2D eigenvalue weighted by Crippen LogP contribution is 2.35. The Bertz CT molecular complexity index is 117. The van der Waals surface area contributed by atoms with E-state index in [2.05, 4.69) is 12.6 Å². The third kappa shape index (κ3) is 3.36. The van der Waals surface area contributed by atoms with Crippen molar-refractivity contribution in [3.05, 3.63) is 0 Å². The molecule has 0 aromatic carbocycles. The average molecular weight is 186 g/mol. The van der Waals surface area contributed by atoms with E-state index in [-0.39, 0.29) is 6.42 Å². The highest BCUT2D eigenvalue weighted by Gasteiger charge is 2.46. The lowest BCUT2D eigenvalue weighted by atomic mass is 9.98. The second kappa shape index (κ2) is 3.70. The first kappa shape index (κ1) is 11.1. The van der Waals surface area contributed by atoms with Crippen molar-refractivity contribution >= 4 is 12.6 Å². The van der Waals surface area contributed by atoms with Crippen LogP contribution < -0.4 is 0 Å². The minimum absolute atomic E-state index is 0.240. The van der Waals surface area contributed by atoms with Crippen LogP contribution in [0.2, 0.25) is 0 Å². The monoisotopic (exact) mass is 186 g/mol. The lowest BCUT2D eigenvalue weighted by molar-refractivity contribution is -0.124. The molecule has 0 amide bonds. The standard InChI is InChI=1S/C7H13F3S/c1-6(2,8)7(9,10)4-3-5-11/h11H,3-5H2,1-2H3. The van der Waals surface area contributed by atoms with E-state index in [4.69, 9.17) is 0 Å². The molecular formula is C7H13F3S. The maximum atomic E-state index is 12.7. The van der Waals surface area contributed by atoms with Gasteiger partial charge in [0.05, 0.1) is 0 Å². The molecule has 0 aromatic rings. The summed E-state index contributed by atoms with van der Waals surface area (Å²) >= 11 is 3.77. The summed E-state index contributed by atoms with van der Waals surface area (Å²) in [6.07, 6.45) is -0.191. The molecule has 0 nitrogen and oxygen atoms in total. The van der Waals surface area contributed by atoms with Gasteiger partial charge >= 0.3 is 0 Å². The smallest absolute Gasteiger partial charge is 0.238 e. The van der Waals surface area contributed by atoms with Crippen LogP contribution in [0.3, 0.4) is 0 Å². The number of hydrogen-bond donors (Lipinski definition) is 1. The Morgan fingerprint density at radius 1 is 1.18 bits per heavy atom. The van der Waals surface area contributed by atoms with Crippen molar-refractivity contribution in [2.45, 2.75) is 38.3 Å². The third-order valence-corrected chi connectivity index (χ3v) is 1.83. The number of alkyl halides is 3. The molecule has 11 heavy (non-hydrogen) atoms. The Morgan fingerprint density at radius 3 is 1.91 bits per heavy atom. The van der Waals surface area contributed by atoms with Gasteiger partial charge in [-0.2, -0.15) is 12.6 Å². The fourth-order valence-corrected chi connectivity index (χ4v) is 0.756. The lowest BCUT2D eigenvalue weighted by Crippen LogP contribution is -2.38. The van der Waals surface area contributed by atoms with Crippen molar-refractivity contribution in [2.75, 3.05) is 5.75 Å². The van der Waals surface area contributed by atoms with Gasteiger partial charge in [-0.3, -0.25) is 0 Å². The summed E-state index contributed by atoms with van der Waals surface area (Å²) in [6, 6.07) is 0. The van der Waals surface area contributed by atoms with Gasteiger partial charge in [-0.25, -0.2) is 13.2 Å². The fourth-order valence-electron chi connectivity index (χ4n) is 0.598. The molecule has 0 radical (unpaired) electrons. The van der Waals surface area contributed by atoms with E-state index in [1.807, 2.05) is 0 Å². The molecule has 0 atom stereocenters. The SMILES string of the molecule is CC(C)(F)C(F)(F)CCCS. The second-order valence-electron chi connectivity index (χ2n) is 3.00. The van der Waals surface area contributed by atoms with Crippen LogP contribution in [0.1, 0.15) is 26.7 Å². The van der Waals surface area contributed by atoms with Crippen LogP contribution in [-0.4, -0.2) is 17.3 Å². The number of thiol groups is 1. The van der Waals surface area contributed by atoms with Crippen molar-refractivity contribution < 1.29 is 13.2 Å². The molecule has 0 aliphatic heterocycles. The lowest BCUT2D eigenvalue weighted by Gasteiger charge is -2.26. The minimum atomic E-state index is -3.23. The molecule has 0 fully saturated rings. The Morgan fingerprint density at radius 2 is 1.64 bits per heavy atom. The fraction of sp³-hybridized carbons (Fsp3) is 1.00. The van der Waals surface area contributed by atoms with Crippen molar-refractivity contribution in [2.24, 2.45) is 0 Å². The Balaban J connectivity index is 4.00. The molecule has 0 aromatic heterocycles. The molecule has 0 aliphatic rings. The second-order valence-corrected chi connectivity index (χ2v) is 3.45. The minimum Gasteiger partial charge on any atom is -0.238 e.